The Morgan fingerprint density at radius 3 is 2.11 bits per heavy atom. The number of anilines is 1. The Morgan fingerprint density at radius 2 is 1.54 bits per heavy atom. The number of imide groups is 1. The number of nitrogens with one attached hydrogen (secondary N) is 1. The fraction of sp³-hybridized carbons (Fsp3) is 0.385. The van der Waals surface area contributed by atoms with E-state index in [1.54, 1.807) is 0 Å². The zero-order valence-electron chi connectivity index (χ0n) is 18.9. The summed E-state index contributed by atoms with van der Waals surface area (Å²) in [5.74, 6) is -2.69. The molecule has 7 nitrogen and oxygen atoms in total. The van der Waals surface area contributed by atoms with Crippen LogP contribution in [0.4, 0.5) is 5.69 Å². The van der Waals surface area contributed by atoms with Crippen LogP contribution in [0.25, 0.3) is 0 Å². The van der Waals surface area contributed by atoms with Crippen molar-refractivity contribution in [2.24, 2.45) is 23.7 Å². The van der Waals surface area contributed by atoms with Gasteiger partial charge in [0.05, 0.1) is 39.9 Å². The molecule has 2 aromatic carbocycles. The number of rotatable bonds is 6. The molecule has 2 aromatic rings. The number of hydrogen-bond donors (Lipinski definition) is 1. The number of amides is 3. The lowest BCUT2D eigenvalue weighted by Crippen LogP contribution is -2.37. The highest BCUT2D eigenvalue weighted by atomic mass is 35.5. The number of benzene rings is 2. The third kappa shape index (κ3) is 4.10. The summed E-state index contributed by atoms with van der Waals surface area (Å²) in [6.45, 7) is 1.42. The highest BCUT2D eigenvalue weighted by molar-refractivity contribution is 6.32. The summed E-state index contributed by atoms with van der Waals surface area (Å²) in [6.07, 6.45) is 0.700. The van der Waals surface area contributed by atoms with Crippen molar-refractivity contribution in [1.82, 2.24) is 5.32 Å². The number of halogens is 2. The number of fused-ring (bicyclic) bond motifs is 5. The van der Waals surface area contributed by atoms with Crippen LogP contribution < -0.4 is 10.2 Å². The lowest BCUT2D eigenvalue weighted by atomic mass is 9.80. The second kappa shape index (κ2) is 9.28. The summed E-state index contributed by atoms with van der Waals surface area (Å²) >= 11 is 12.8. The average Bonchev–Trinajstić information content (AvgIpc) is 3.48. The predicted octanol–water partition coefficient (Wildman–Crippen LogP) is 3.69. The van der Waals surface area contributed by atoms with Gasteiger partial charge in [-0.25, -0.2) is 4.79 Å². The third-order valence-corrected chi connectivity index (χ3v) is 8.68. The van der Waals surface area contributed by atoms with Gasteiger partial charge in [0.1, 0.15) is 0 Å². The SMILES string of the molecule is C[C@H](NC(=O)COC(=O)c1ccc(N2C(=O)[C@@H]3[C@H]4C[C@@H]([C@H](Cl)[C@H]4Cl)[C@H]3C2=O)cc1)c1ccccc1. The number of carbonyl (C=O) groups is 4. The minimum absolute atomic E-state index is 0.0966. The van der Waals surface area contributed by atoms with E-state index < -0.39 is 30.3 Å². The van der Waals surface area contributed by atoms with E-state index in [0.29, 0.717) is 12.1 Å². The topological polar surface area (TPSA) is 92.8 Å². The van der Waals surface area contributed by atoms with Gasteiger partial charge in [-0.05, 0) is 55.0 Å². The van der Waals surface area contributed by atoms with E-state index in [4.69, 9.17) is 27.9 Å². The van der Waals surface area contributed by atoms with Crippen LogP contribution in [0.5, 0.6) is 0 Å². The molecular formula is C26H24Cl2N2O5. The Hall–Kier alpha value is -2.90. The van der Waals surface area contributed by atoms with E-state index >= 15 is 0 Å². The van der Waals surface area contributed by atoms with E-state index in [1.807, 2.05) is 37.3 Å². The molecule has 2 bridgehead atoms. The first kappa shape index (κ1) is 23.8. The van der Waals surface area contributed by atoms with Crippen molar-refractivity contribution in [1.29, 1.82) is 0 Å². The molecule has 1 aliphatic heterocycles. The summed E-state index contributed by atoms with van der Waals surface area (Å²) < 4.78 is 5.13. The number of carbonyl (C=O) groups excluding carboxylic acids is 4. The Balaban J connectivity index is 1.19. The molecule has 2 aliphatic carbocycles. The Bertz CT molecular complexity index is 1140. The first-order valence-corrected chi connectivity index (χ1v) is 12.4. The zero-order chi connectivity index (χ0) is 24.9. The molecule has 3 amide bonds. The molecule has 9 heteroatoms. The van der Waals surface area contributed by atoms with Gasteiger partial charge in [-0.1, -0.05) is 30.3 Å². The second-order valence-corrected chi connectivity index (χ2v) is 10.3. The van der Waals surface area contributed by atoms with Gasteiger partial charge in [0.15, 0.2) is 6.61 Å². The maximum Gasteiger partial charge on any atom is 0.338 e. The monoisotopic (exact) mass is 514 g/mol. The van der Waals surface area contributed by atoms with Gasteiger partial charge < -0.3 is 10.1 Å². The highest BCUT2D eigenvalue weighted by Gasteiger charge is 2.66. The van der Waals surface area contributed by atoms with Gasteiger partial charge >= 0.3 is 5.97 Å². The standard InChI is InChI=1S/C26H24Cl2N2O5/c1-13(14-5-3-2-4-6-14)29-19(31)12-35-26(34)15-7-9-16(10-8-15)30-24(32)20-17-11-18(21(20)25(30)33)23(28)22(17)27/h2-10,13,17-18,20-23H,11-12H2,1H3,(H,29,31)/t13-,17+,18+,20+,21+,22-,23-/m0/s1. The number of ether oxygens (including phenoxy) is 1. The quantitative estimate of drug-likeness (QED) is 0.360. The number of nitrogens with zero attached hydrogens (tertiary/aromatic N) is 1. The van der Waals surface area contributed by atoms with E-state index in [2.05, 4.69) is 5.32 Å². The van der Waals surface area contributed by atoms with Crippen molar-refractivity contribution < 1.29 is 23.9 Å². The maximum atomic E-state index is 13.1. The summed E-state index contributed by atoms with van der Waals surface area (Å²) in [4.78, 5) is 52.0. The molecular weight excluding hydrogens is 491 g/mol. The first-order chi connectivity index (χ1) is 16.8. The largest absolute Gasteiger partial charge is 0.452 e. The lowest BCUT2D eigenvalue weighted by molar-refractivity contribution is -0.125. The summed E-state index contributed by atoms with van der Waals surface area (Å²) in [6, 6.07) is 15.2. The maximum absolute atomic E-state index is 13.1. The molecule has 182 valence electrons. The second-order valence-electron chi connectivity index (χ2n) is 9.34. The minimum atomic E-state index is -0.678. The van der Waals surface area contributed by atoms with Crippen LogP contribution in [0, 0.1) is 23.7 Å². The molecule has 3 aliphatic rings. The van der Waals surface area contributed by atoms with Gasteiger partial charge in [-0.2, -0.15) is 0 Å². The third-order valence-electron chi connectivity index (χ3n) is 7.36. The van der Waals surface area contributed by atoms with Crippen LogP contribution in [-0.4, -0.2) is 41.1 Å². The fourth-order valence-corrected chi connectivity index (χ4v) is 6.57. The van der Waals surface area contributed by atoms with Crippen LogP contribution in [0.2, 0.25) is 0 Å². The van der Waals surface area contributed by atoms with Crippen LogP contribution >= 0.6 is 23.2 Å². The molecule has 35 heavy (non-hydrogen) atoms. The molecule has 7 atom stereocenters. The molecule has 0 spiro atoms. The molecule has 2 saturated carbocycles. The zero-order valence-corrected chi connectivity index (χ0v) is 20.4. The first-order valence-electron chi connectivity index (χ1n) is 11.6. The van der Waals surface area contributed by atoms with Gasteiger partial charge in [0, 0.05) is 0 Å². The van der Waals surface area contributed by atoms with Gasteiger partial charge in [-0.15, -0.1) is 23.2 Å². The molecule has 1 heterocycles. The van der Waals surface area contributed by atoms with Crippen LogP contribution in [0.1, 0.15) is 35.3 Å². The average molecular weight is 515 g/mol. The van der Waals surface area contributed by atoms with E-state index in [9.17, 15) is 19.2 Å². The van der Waals surface area contributed by atoms with Crippen molar-refractivity contribution in [3.05, 3.63) is 65.7 Å². The minimum Gasteiger partial charge on any atom is -0.452 e. The van der Waals surface area contributed by atoms with Gasteiger partial charge in [0.25, 0.3) is 5.91 Å². The lowest BCUT2D eigenvalue weighted by Gasteiger charge is -2.28. The highest BCUT2D eigenvalue weighted by Crippen LogP contribution is 2.59. The van der Waals surface area contributed by atoms with Crippen LogP contribution in [-0.2, 0) is 19.1 Å². The van der Waals surface area contributed by atoms with E-state index in [1.165, 1.54) is 29.2 Å². The Morgan fingerprint density at radius 1 is 0.971 bits per heavy atom. The fourth-order valence-electron chi connectivity index (χ4n) is 5.67. The normalized spacial score (nSPS) is 29.7. The molecule has 5 rings (SSSR count). The number of hydrogen-bond acceptors (Lipinski definition) is 5. The van der Waals surface area contributed by atoms with Gasteiger partial charge in [-0.3, -0.25) is 19.3 Å². The molecule has 1 saturated heterocycles. The number of alkyl halides is 2. The van der Waals surface area contributed by atoms with Crippen molar-refractivity contribution >= 4 is 52.6 Å². The van der Waals surface area contributed by atoms with Crippen LogP contribution in [0.15, 0.2) is 54.6 Å². The van der Waals surface area contributed by atoms with Gasteiger partial charge in [0.2, 0.25) is 11.8 Å². The summed E-state index contributed by atoms with van der Waals surface area (Å²) in [5.41, 5.74) is 1.53. The number of esters is 1. The molecule has 0 aromatic heterocycles. The van der Waals surface area contributed by atoms with Crippen LogP contribution in [0.3, 0.4) is 0 Å². The summed E-state index contributed by atoms with van der Waals surface area (Å²) in [7, 11) is 0. The molecule has 1 N–H and O–H groups in total. The van der Waals surface area contributed by atoms with E-state index in [-0.39, 0.29) is 46.0 Å². The van der Waals surface area contributed by atoms with Crippen molar-refractivity contribution in [2.75, 3.05) is 11.5 Å². The van der Waals surface area contributed by atoms with Crippen molar-refractivity contribution in [2.45, 2.75) is 30.1 Å². The Labute approximate surface area is 212 Å². The predicted molar refractivity (Wildman–Crippen MR) is 130 cm³/mol. The molecule has 3 fully saturated rings. The van der Waals surface area contributed by atoms with E-state index in [0.717, 1.165) is 5.56 Å². The summed E-state index contributed by atoms with van der Waals surface area (Å²) in [5, 5.41) is 2.15. The van der Waals surface area contributed by atoms with Crippen molar-refractivity contribution in [3.8, 4) is 0 Å². The smallest absolute Gasteiger partial charge is 0.338 e. The van der Waals surface area contributed by atoms with Crippen molar-refractivity contribution in [3.63, 3.8) is 0 Å². The molecule has 0 unspecified atom stereocenters. The Kier molecular flexibility index (Phi) is 6.32. The molecule has 0 radical (unpaired) electrons.